The summed E-state index contributed by atoms with van der Waals surface area (Å²) in [4.78, 5) is 12.3. The van der Waals surface area contributed by atoms with Gasteiger partial charge in [0.05, 0.1) is 0 Å². The number of hydrogen-bond donors (Lipinski definition) is 2. The van der Waals surface area contributed by atoms with E-state index in [0.717, 1.165) is 37.1 Å². The van der Waals surface area contributed by atoms with Gasteiger partial charge in [-0.3, -0.25) is 4.79 Å². The fraction of sp³-hybridized carbons (Fsp3) is 0.533. The SMILES string of the molecule is CC1(C)CC1NC(=O)c1cccc2c1CCCN2. The predicted molar refractivity (Wildman–Crippen MR) is 72.9 cm³/mol. The van der Waals surface area contributed by atoms with E-state index in [0.29, 0.717) is 6.04 Å². The van der Waals surface area contributed by atoms with Crippen molar-refractivity contribution in [3.8, 4) is 0 Å². The summed E-state index contributed by atoms with van der Waals surface area (Å²) in [6.45, 7) is 5.40. The van der Waals surface area contributed by atoms with Crippen LogP contribution in [-0.2, 0) is 6.42 Å². The molecule has 1 aliphatic heterocycles. The minimum Gasteiger partial charge on any atom is -0.385 e. The molecule has 0 radical (unpaired) electrons. The third-order valence-corrected chi connectivity index (χ3v) is 4.16. The van der Waals surface area contributed by atoms with Gasteiger partial charge in [-0.1, -0.05) is 19.9 Å². The lowest BCUT2D eigenvalue weighted by molar-refractivity contribution is 0.0945. The van der Waals surface area contributed by atoms with Gasteiger partial charge in [0, 0.05) is 23.8 Å². The van der Waals surface area contributed by atoms with Crippen molar-refractivity contribution in [2.45, 2.75) is 39.2 Å². The largest absolute Gasteiger partial charge is 0.385 e. The zero-order valence-corrected chi connectivity index (χ0v) is 11.0. The second-order valence-corrected chi connectivity index (χ2v) is 6.08. The van der Waals surface area contributed by atoms with Crippen LogP contribution in [0.25, 0.3) is 0 Å². The highest BCUT2D eigenvalue weighted by molar-refractivity contribution is 5.97. The second-order valence-electron chi connectivity index (χ2n) is 6.08. The molecule has 1 saturated carbocycles. The molecule has 2 N–H and O–H groups in total. The van der Waals surface area contributed by atoms with E-state index in [1.807, 2.05) is 12.1 Å². The van der Waals surface area contributed by atoms with Crippen LogP contribution in [0.5, 0.6) is 0 Å². The van der Waals surface area contributed by atoms with Crippen LogP contribution in [0.2, 0.25) is 0 Å². The Bertz CT molecular complexity index is 493. The molecule has 0 aromatic heterocycles. The van der Waals surface area contributed by atoms with Crippen molar-refractivity contribution < 1.29 is 4.79 Å². The third kappa shape index (κ3) is 1.98. The summed E-state index contributed by atoms with van der Waals surface area (Å²) in [6.07, 6.45) is 3.19. The molecule has 0 bridgehead atoms. The molecule has 1 heterocycles. The van der Waals surface area contributed by atoms with Crippen LogP contribution < -0.4 is 10.6 Å². The van der Waals surface area contributed by atoms with Gasteiger partial charge >= 0.3 is 0 Å². The smallest absolute Gasteiger partial charge is 0.251 e. The molecule has 3 rings (SSSR count). The number of nitrogens with one attached hydrogen (secondary N) is 2. The van der Waals surface area contributed by atoms with Gasteiger partial charge in [0.2, 0.25) is 0 Å². The van der Waals surface area contributed by atoms with Gasteiger partial charge in [0.25, 0.3) is 5.91 Å². The fourth-order valence-corrected chi connectivity index (χ4v) is 2.67. The highest BCUT2D eigenvalue weighted by atomic mass is 16.1. The monoisotopic (exact) mass is 244 g/mol. The number of carbonyl (C=O) groups excluding carboxylic acids is 1. The molecule has 96 valence electrons. The van der Waals surface area contributed by atoms with Crippen LogP contribution in [0.4, 0.5) is 5.69 Å². The zero-order valence-electron chi connectivity index (χ0n) is 11.0. The minimum atomic E-state index is 0.0890. The number of fused-ring (bicyclic) bond motifs is 1. The number of hydrogen-bond acceptors (Lipinski definition) is 2. The Balaban J connectivity index is 1.81. The minimum absolute atomic E-state index is 0.0890. The predicted octanol–water partition coefficient (Wildman–Crippen LogP) is 2.57. The van der Waals surface area contributed by atoms with Crippen molar-refractivity contribution in [3.05, 3.63) is 29.3 Å². The quantitative estimate of drug-likeness (QED) is 0.839. The van der Waals surface area contributed by atoms with Crippen molar-refractivity contribution in [1.29, 1.82) is 0 Å². The van der Waals surface area contributed by atoms with E-state index in [-0.39, 0.29) is 11.3 Å². The maximum Gasteiger partial charge on any atom is 0.251 e. The highest BCUT2D eigenvalue weighted by Crippen LogP contribution is 2.44. The first kappa shape index (κ1) is 11.6. The average molecular weight is 244 g/mol. The number of benzene rings is 1. The topological polar surface area (TPSA) is 41.1 Å². The molecule has 1 aliphatic carbocycles. The number of amides is 1. The second kappa shape index (κ2) is 4.01. The highest BCUT2D eigenvalue weighted by Gasteiger charge is 2.46. The lowest BCUT2D eigenvalue weighted by atomic mass is 9.97. The Labute approximate surface area is 108 Å². The summed E-state index contributed by atoms with van der Waals surface area (Å²) in [5.41, 5.74) is 3.44. The molecular formula is C15H20N2O. The maximum atomic E-state index is 12.3. The summed E-state index contributed by atoms with van der Waals surface area (Å²) in [5, 5.41) is 6.51. The molecule has 1 amide bonds. The van der Waals surface area contributed by atoms with Crippen LogP contribution in [0.1, 0.15) is 42.6 Å². The number of carbonyl (C=O) groups is 1. The van der Waals surface area contributed by atoms with Gasteiger partial charge < -0.3 is 10.6 Å². The van der Waals surface area contributed by atoms with E-state index in [1.165, 1.54) is 5.56 Å². The fourth-order valence-electron chi connectivity index (χ4n) is 2.67. The zero-order chi connectivity index (χ0) is 12.8. The lowest BCUT2D eigenvalue weighted by Gasteiger charge is -2.20. The molecule has 3 heteroatoms. The number of anilines is 1. The van der Waals surface area contributed by atoms with Crippen molar-refractivity contribution in [2.24, 2.45) is 5.41 Å². The first-order chi connectivity index (χ1) is 8.58. The van der Waals surface area contributed by atoms with Crippen LogP contribution in [0.15, 0.2) is 18.2 Å². The van der Waals surface area contributed by atoms with Crippen LogP contribution in [0, 0.1) is 5.41 Å². The van der Waals surface area contributed by atoms with Crippen molar-refractivity contribution in [2.75, 3.05) is 11.9 Å². The molecule has 1 atom stereocenters. The molecule has 0 saturated heterocycles. The maximum absolute atomic E-state index is 12.3. The molecule has 0 spiro atoms. The third-order valence-electron chi connectivity index (χ3n) is 4.16. The summed E-state index contributed by atoms with van der Waals surface area (Å²) < 4.78 is 0. The Morgan fingerprint density at radius 2 is 2.22 bits per heavy atom. The van der Waals surface area contributed by atoms with Gasteiger partial charge in [0.1, 0.15) is 0 Å². The molecule has 1 aromatic rings. The molecule has 1 aromatic carbocycles. The van der Waals surface area contributed by atoms with Crippen molar-refractivity contribution in [1.82, 2.24) is 5.32 Å². The Hall–Kier alpha value is -1.51. The normalized spacial score (nSPS) is 23.8. The molecular weight excluding hydrogens is 224 g/mol. The number of rotatable bonds is 2. The summed E-state index contributed by atoms with van der Waals surface area (Å²) in [7, 11) is 0. The van der Waals surface area contributed by atoms with Gasteiger partial charge in [-0.25, -0.2) is 0 Å². The van der Waals surface area contributed by atoms with Crippen LogP contribution >= 0.6 is 0 Å². The van der Waals surface area contributed by atoms with Gasteiger partial charge in [-0.2, -0.15) is 0 Å². The van der Waals surface area contributed by atoms with E-state index >= 15 is 0 Å². The summed E-state index contributed by atoms with van der Waals surface area (Å²) in [6, 6.07) is 6.31. The molecule has 1 unspecified atom stereocenters. The van der Waals surface area contributed by atoms with Gasteiger partial charge in [-0.15, -0.1) is 0 Å². The van der Waals surface area contributed by atoms with Crippen LogP contribution in [-0.4, -0.2) is 18.5 Å². The van der Waals surface area contributed by atoms with E-state index in [4.69, 9.17) is 0 Å². The van der Waals surface area contributed by atoms with Crippen molar-refractivity contribution >= 4 is 11.6 Å². The Kier molecular flexibility index (Phi) is 2.58. The van der Waals surface area contributed by atoms with E-state index in [1.54, 1.807) is 0 Å². The molecule has 1 fully saturated rings. The van der Waals surface area contributed by atoms with Crippen molar-refractivity contribution in [3.63, 3.8) is 0 Å². The first-order valence-corrected chi connectivity index (χ1v) is 6.74. The molecule has 18 heavy (non-hydrogen) atoms. The van der Waals surface area contributed by atoms with E-state index < -0.39 is 0 Å². The van der Waals surface area contributed by atoms with Gasteiger partial charge in [-0.05, 0) is 42.4 Å². The first-order valence-electron chi connectivity index (χ1n) is 6.74. The van der Waals surface area contributed by atoms with E-state index in [2.05, 4.69) is 30.5 Å². The summed E-state index contributed by atoms with van der Waals surface area (Å²) >= 11 is 0. The average Bonchev–Trinajstić information content (AvgIpc) is 2.95. The van der Waals surface area contributed by atoms with Gasteiger partial charge in [0.15, 0.2) is 0 Å². The lowest BCUT2D eigenvalue weighted by Crippen LogP contribution is -2.30. The molecule has 2 aliphatic rings. The summed E-state index contributed by atoms with van der Waals surface area (Å²) in [5.74, 6) is 0.0890. The molecule has 3 nitrogen and oxygen atoms in total. The van der Waals surface area contributed by atoms with Crippen LogP contribution in [0.3, 0.4) is 0 Å². The standard InChI is InChI=1S/C15H20N2O/c1-15(2)9-13(15)17-14(18)11-5-3-7-12-10(11)6-4-8-16-12/h3,5,7,13,16H,4,6,8-9H2,1-2H3,(H,17,18). The van der Waals surface area contributed by atoms with E-state index in [9.17, 15) is 4.79 Å². The Morgan fingerprint density at radius 1 is 1.44 bits per heavy atom. The Morgan fingerprint density at radius 3 is 2.94 bits per heavy atom.